The third-order valence-corrected chi connectivity index (χ3v) is 3.60. The average molecular weight is 245 g/mol. The zero-order valence-electron chi connectivity index (χ0n) is 10.4. The van der Waals surface area contributed by atoms with Crippen LogP contribution >= 0.6 is 0 Å². The van der Waals surface area contributed by atoms with Crippen molar-refractivity contribution in [3.63, 3.8) is 0 Å². The third kappa shape index (κ3) is 3.55. The Morgan fingerprint density at radius 1 is 1.41 bits per heavy atom. The van der Waals surface area contributed by atoms with Crippen molar-refractivity contribution in [2.75, 3.05) is 26.3 Å². The van der Waals surface area contributed by atoms with Crippen LogP contribution in [0, 0.1) is 0 Å². The molecule has 1 saturated heterocycles. The lowest BCUT2D eigenvalue weighted by molar-refractivity contribution is 0.0681. The Labute approximate surface area is 102 Å². The van der Waals surface area contributed by atoms with Gasteiger partial charge in [-0.3, -0.25) is 0 Å². The number of urea groups is 1. The molecule has 0 unspecified atom stereocenters. The number of amides is 2. The molecule has 1 heterocycles. The second kappa shape index (κ2) is 6.18. The van der Waals surface area contributed by atoms with Gasteiger partial charge in [0.25, 0.3) is 0 Å². The summed E-state index contributed by atoms with van der Waals surface area (Å²) in [5.41, 5.74) is 4.59. The number of aliphatic hydroxyl groups is 2. The van der Waals surface area contributed by atoms with Crippen molar-refractivity contribution >= 4 is 6.03 Å². The summed E-state index contributed by atoms with van der Waals surface area (Å²) in [6.07, 6.45) is 2.26. The number of piperidine rings is 1. The summed E-state index contributed by atoms with van der Waals surface area (Å²) in [4.78, 5) is 12.6. The van der Waals surface area contributed by atoms with Gasteiger partial charge < -0.3 is 26.2 Å². The van der Waals surface area contributed by atoms with E-state index in [1.165, 1.54) is 0 Å². The molecule has 100 valence electrons. The molecule has 0 spiro atoms. The molecule has 1 aliphatic heterocycles. The zero-order valence-corrected chi connectivity index (χ0v) is 10.4. The molecule has 0 saturated carbocycles. The Morgan fingerprint density at radius 3 is 2.29 bits per heavy atom. The molecule has 6 heteroatoms. The van der Waals surface area contributed by atoms with E-state index in [0.717, 1.165) is 12.8 Å². The largest absolute Gasteiger partial charge is 0.394 e. The molecule has 1 aliphatic rings. The van der Waals surface area contributed by atoms with Crippen molar-refractivity contribution in [1.82, 2.24) is 10.2 Å². The van der Waals surface area contributed by atoms with Crippen LogP contribution in [0.3, 0.4) is 0 Å². The second-order valence-electron chi connectivity index (χ2n) is 4.69. The van der Waals surface area contributed by atoms with Gasteiger partial charge in [0.05, 0.1) is 18.8 Å². The molecule has 0 bridgehead atoms. The van der Waals surface area contributed by atoms with Crippen LogP contribution in [0.25, 0.3) is 0 Å². The first kappa shape index (κ1) is 14.2. The van der Waals surface area contributed by atoms with Gasteiger partial charge in [0.1, 0.15) is 0 Å². The molecule has 0 aromatic heterocycles. The zero-order chi connectivity index (χ0) is 12.9. The molecule has 0 aromatic carbocycles. The Hall–Kier alpha value is -0.850. The minimum Gasteiger partial charge on any atom is -0.394 e. The van der Waals surface area contributed by atoms with Crippen LogP contribution in [0.15, 0.2) is 0 Å². The number of rotatable bonds is 5. The number of aliphatic hydroxyl groups excluding tert-OH is 2. The quantitative estimate of drug-likeness (QED) is 0.512. The van der Waals surface area contributed by atoms with E-state index in [1.807, 2.05) is 6.92 Å². The van der Waals surface area contributed by atoms with Crippen LogP contribution in [0.5, 0.6) is 0 Å². The number of hydrogen-bond acceptors (Lipinski definition) is 4. The van der Waals surface area contributed by atoms with Crippen molar-refractivity contribution in [2.24, 2.45) is 5.73 Å². The summed E-state index contributed by atoms with van der Waals surface area (Å²) in [5.74, 6) is 0. The first-order valence-corrected chi connectivity index (χ1v) is 6.10. The minimum absolute atomic E-state index is 0.0873. The molecular weight excluding hydrogens is 222 g/mol. The summed E-state index contributed by atoms with van der Waals surface area (Å²) >= 11 is 0. The van der Waals surface area contributed by atoms with Gasteiger partial charge in [-0.15, -0.1) is 0 Å². The van der Waals surface area contributed by atoms with Gasteiger partial charge in [0.15, 0.2) is 0 Å². The lowest BCUT2D eigenvalue weighted by atomic mass is 9.94. The fraction of sp³-hybridized carbons (Fsp3) is 0.909. The van der Waals surface area contributed by atoms with E-state index >= 15 is 0 Å². The standard InChI is InChI=1S/C11H23N3O3/c1-2-11(7-15,8-16)13-9-3-5-14(6-4-9)10(12)17/h9,13,15-16H,2-8H2,1H3,(H2,12,17). The lowest BCUT2D eigenvalue weighted by Crippen LogP contribution is -2.58. The SMILES string of the molecule is CCC(CO)(CO)NC1CCN(C(N)=O)CC1. The predicted molar refractivity (Wildman–Crippen MR) is 64.5 cm³/mol. The van der Waals surface area contributed by atoms with Gasteiger partial charge in [-0.2, -0.15) is 0 Å². The highest BCUT2D eigenvalue weighted by molar-refractivity contribution is 5.72. The molecule has 17 heavy (non-hydrogen) atoms. The smallest absolute Gasteiger partial charge is 0.314 e. The number of primary amides is 1. The van der Waals surface area contributed by atoms with Gasteiger partial charge in [0, 0.05) is 19.1 Å². The van der Waals surface area contributed by atoms with E-state index in [9.17, 15) is 15.0 Å². The lowest BCUT2D eigenvalue weighted by Gasteiger charge is -2.38. The Bertz CT molecular complexity index is 240. The maximum absolute atomic E-state index is 11.0. The van der Waals surface area contributed by atoms with Gasteiger partial charge in [-0.25, -0.2) is 4.79 Å². The number of carbonyl (C=O) groups excluding carboxylic acids is 1. The Morgan fingerprint density at radius 2 is 1.94 bits per heavy atom. The van der Waals surface area contributed by atoms with Crippen LogP contribution in [-0.4, -0.2) is 59.0 Å². The van der Waals surface area contributed by atoms with Gasteiger partial charge >= 0.3 is 6.03 Å². The number of nitrogens with two attached hydrogens (primary N) is 1. The number of nitrogens with zero attached hydrogens (tertiary/aromatic N) is 1. The number of hydrogen-bond donors (Lipinski definition) is 4. The van der Waals surface area contributed by atoms with Crippen molar-refractivity contribution < 1.29 is 15.0 Å². The maximum atomic E-state index is 11.0. The second-order valence-corrected chi connectivity index (χ2v) is 4.69. The molecule has 1 rings (SSSR count). The summed E-state index contributed by atoms with van der Waals surface area (Å²) in [6, 6.07) is -0.167. The van der Waals surface area contributed by atoms with E-state index in [4.69, 9.17) is 5.73 Å². The first-order chi connectivity index (χ1) is 8.06. The first-order valence-electron chi connectivity index (χ1n) is 6.10. The van der Waals surface area contributed by atoms with Gasteiger partial charge in [-0.05, 0) is 19.3 Å². The van der Waals surface area contributed by atoms with Gasteiger partial charge in [0.2, 0.25) is 0 Å². The van der Waals surface area contributed by atoms with Crippen LogP contribution in [0.1, 0.15) is 26.2 Å². The van der Waals surface area contributed by atoms with E-state index in [-0.39, 0.29) is 25.3 Å². The third-order valence-electron chi connectivity index (χ3n) is 3.60. The topological polar surface area (TPSA) is 98.8 Å². The molecule has 6 nitrogen and oxygen atoms in total. The van der Waals surface area contributed by atoms with Crippen LogP contribution < -0.4 is 11.1 Å². The van der Waals surface area contributed by atoms with Crippen molar-refractivity contribution in [1.29, 1.82) is 0 Å². The molecule has 1 fully saturated rings. The normalized spacial score (nSPS) is 18.4. The fourth-order valence-electron chi connectivity index (χ4n) is 2.14. The predicted octanol–water partition coefficient (Wildman–Crippen LogP) is -0.747. The van der Waals surface area contributed by atoms with E-state index in [2.05, 4.69) is 5.32 Å². The van der Waals surface area contributed by atoms with Crippen molar-refractivity contribution in [3.05, 3.63) is 0 Å². The summed E-state index contributed by atoms with van der Waals surface area (Å²) in [6.45, 7) is 3.01. The fourth-order valence-corrected chi connectivity index (χ4v) is 2.14. The van der Waals surface area contributed by atoms with Crippen molar-refractivity contribution in [3.8, 4) is 0 Å². The Kier molecular flexibility index (Phi) is 5.17. The number of likely N-dealkylation sites (tertiary alicyclic amines) is 1. The van der Waals surface area contributed by atoms with Crippen LogP contribution in [0.2, 0.25) is 0 Å². The highest BCUT2D eigenvalue weighted by Gasteiger charge is 2.31. The monoisotopic (exact) mass is 245 g/mol. The molecule has 0 aromatic rings. The number of nitrogens with one attached hydrogen (secondary N) is 1. The molecule has 0 aliphatic carbocycles. The van der Waals surface area contributed by atoms with Gasteiger partial charge in [-0.1, -0.05) is 6.92 Å². The Balaban J connectivity index is 2.46. The average Bonchev–Trinajstić information content (AvgIpc) is 2.37. The molecule has 0 radical (unpaired) electrons. The highest BCUT2D eigenvalue weighted by Crippen LogP contribution is 2.16. The van der Waals surface area contributed by atoms with E-state index in [1.54, 1.807) is 4.90 Å². The van der Waals surface area contributed by atoms with Crippen LogP contribution in [-0.2, 0) is 0 Å². The van der Waals surface area contributed by atoms with E-state index in [0.29, 0.717) is 19.5 Å². The minimum atomic E-state index is -0.612. The molecule has 2 amide bonds. The van der Waals surface area contributed by atoms with Crippen molar-refractivity contribution in [2.45, 2.75) is 37.8 Å². The van der Waals surface area contributed by atoms with E-state index < -0.39 is 5.54 Å². The molecular formula is C11H23N3O3. The molecule has 5 N–H and O–H groups in total. The number of carbonyl (C=O) groups is 1. The maximum Gasteiger partial charge on any atom is 0.314 e. The highest BCUT2D eigenvalue weighted by atomic mass is 16.3. The summed E-state index contributed by atoms with van der Waals surface area (Å²) < 4.78 is 0. The summed E-state index contributed by atoms with van der Waals surface area (Å²) in [5, 5.41) is 22.0. The summed E-state index contributed by atoms with van der Waals surface area (Å²) in [7, 11) is 0. The van der Waals surface area contributed by atoms with Crippen LogP contribution in [0.4, 0.5) is 4.79 Å². The molecule has 0 atom stereocenters.